The van der Waals surface area contributed by atoms with Crippen molar-refractivity contribution in [1.29, 1.82) is 0 Å². The Labute approximate surface area is 132 Å². The first kappa shape index (κ1) is 15.4. The van der Waals surface area contributed by atoms with Crippen LogP contribution in [0.5, 0.6) is 5.75 Å². The van der Waals surface area contributed by atoms with Crippen molar-refractivity contribution < 1.29 is 19.0 Å². The predicted molar refractivity (Wildman–Crippen MR) is 59.2 cm³/mol. The summed E-state index contributed by atoms with van der Waals surface area (Å²) < 4.78 is 15.2. The van der Waals surface area contributed by atoms with Gasteiger partial charge in [-0.25, -0.2) is 0 Å². The van der Waals surface area contributed by atoms with Crippen molar-refractivity contribution in [2.24, 2.45) is 0 Å². The maximum atomic E-state index is 10.3. The molecule has 1 atom stereocenters. The molecule has 0 aliphatic carbocycles. The van der Waals surface area contributed by atoms with Gasteiger partial charge in [-0.15, -0.1) is 0 Å². The Balaban J connectivity index is 0.00000196. The van der Waals surface area contributed by atoms with Gasteiger partial charge in [0.25, 0.3) is 0 Å². The van der Waals surface area contributed by atoms with Gasteiger partial charge in [0.1, 0.15) is 5.75 Å². The van der Waals surface area contributed by atoms with Crippen LogP contribution in [-0.2, 0) is 15.8 Å². The SMILES string of the molecule is O=[PH2]Oc1ccccc1CCC(=O)O.[K]. The van der Waals surface area contributed by atoms with Crippen molar-refractivity contribution in [3.63, 3.8) is 0 Å². The van der Waals surface area contributed by atoms with Gasteiger partial charge in [-0.2, -0.15) is 0 Å². The molecule has 0 heterocycles. The molecule has 77 valence electrons. The number of carboxylic acids is 1. The summed E-state index contributed by atoms with van der Waals surface area (Å²) in [5.41, 5.74) is 0.776. The second-order valence-electron chi connectivity index (χ2n) is 2.72. The summed E-state index contributed by atoms with van der Waals surface area (Å²) >= 11 is 0. The van der Waals surface area contributed by atoms with Gasteiger partial charge in [0.15, 0.2) is 0 Å². The first-order valence-corrected chi connectivity index (χ1v) is 5.08. The Bertz CT molecular complexity index is 343. The summed E-state index contributed by atoms with van der Waals surface area (Å²) in [6.07, 6.45) is 0.444. The molecular formula is C9H11KO4P. The molecule has 0 fully saturated rings. The van der Waals surface area contributed by atoms with Crippen molar-refractivity contribution >= 4 is 66.0 Å². The number of aryl methyl sites for hydroxylation is 1. The number of rotatable bonds is 5. The van der Waals surface area contributed by atoms with E-state index in [1.54, 1.807) is 24.3 Å². The van der Waals surface area contributed by atoms with Gasteiger partial charge in [0, 0.05) is 57.8 Å². The zero-order valence-corrected chi connectivity index (χ0v) is 12.8. The van der Waals surface area contributed by atoms with Crippen molar-refractivity contribution in [2.75, 3.05) is 0 Å². The number of aliphatic carboxylic acids is 1. The van der Waals surface area contributed by atoms with Gasteiger partial charge < -0.3 is 9.63 Å². The van der Waals surface area contributed by atoms with E-state index < -0.39 is 14.7 Å². The third-order valence-corrected chi connectivity index (χ3v) is 2.11. The number of para-hydroxylation sites is 1. The standard InChI is InChI=1S/C9H11O4P.K/c10-9(11)6-5-7-3-1-2-4-8(7)13-14-12;/h1-4H,5-6,14H2,(H,10,11);. The molecule has 0 aliphatic rings. The number of benzene rings is 1. The average molecular weight is 253 g/mol. The van der Waals surface area contributed by atoms with Crippen LogP contribution in [0.15, 0.2) is 24.3 Å². The molecule has 1 rings (SSSR count). The van der Waals surface area contributed by atoms with E-state index in [4.69, 9.17) is 9.63 Å². The van der Waals surface area contributed by atoms with Gasteiger partial charge in [-0.1, -0.05) is 18.2 Å². The van der Waals surface area contributed by atoms with E-state index in [0.717, 1.165) is 5.56 Å². The molecule has 4 nitrogen and oxygen atoms in total. The van der Waals surface area contributed by atoms with Crippen LogP contribution in [0.1, 0.15) is 12.0 Å². The monoisotopic (exact) mass is 253 g/mol. The van der Waals surface area contributed by atoms with Crippen LogP contribution >= 0.6 is 8.69 Å². The molecule has 1 aromatic carbocycles. The molecule has 6 heteroatoms. The molecule has 15 heavy (non-hydrogen) atoms. The van der Waals surface area contributed by atoms with E-state index in [9.17, 15) is 9.36 Å². The van der Waals surface area contributed by atoms with E-state index >= 15 is 0 Å². The van der Waals surface area contributed by atoms with Crippen molar-refractivity contribution in [2.45, 2.75) is 12.8 Å². The topological polar surface area (TPSA) is 63.6 Å². The minimum Gasteiger partial charge on any atom is -0.481 e. The molecule has 0 spiro atoms. The van der Waals surface area contributed by atoms with E-state index in [1.165, 1.54) is 0 Å². The van der Waals surface area contributed by atoms with Crippen molar-refractivity contribution in [3.05, 3.63) is 29.8 Å². The fourth-order valence-electron chi connectivity index (χ4n) is 1.12. The Morgan fingerprint density at radius 1 is 1.40 bits per heavy atom. The molecule has 0 saturated carbocycles. The molecule has 0 aliphatic heterocycles. The number of hydrogen-bond acceptors (Lipinski definition) is 3. The zero-order valence-electron chi connectivity index (χ0n) is 8.47. The molecule has 1 aromatic rings. The van der Waals surface area contributed by atoms with Crippen LogP contribution in [0.4, 0.5) is 0 Å². The second-order valence-corrected chi connectivity index (χ2v) is 3.14. The van der Waals surface area contributed by atoms with Gasteiger partial charge in [0.05, 0.1) is 0 Å². The molecule has 0 aromatic heterocycles. The Kier molecular flexibility index (Phi) is 8.70. The van der Waals surface area contributed by atoms with Crippen LogP contribution < -0.4 is 4.52 Å². The summed E-state index contributed by atoms with van der Waals surface area (Å²) in [5.74, 6) is -0.340. The third kappa shape index (κ3) is 5.85. The van der Waals surface area contributed by atoms with E-state index in [0.29, 0.717) is 12.2 Å². The Morgan fingerprint density at radius 2 is 2.07 bits per heavy atom. The first-order chi connectivity index (χ1) is 6.74. The van der Waals surface area contributed by atoms with Crippen LogP contribution in [0, 0.1) is 0 Å². The average Bonchev–Trinajstić information content (AvgIpc) is 2.17. The van der Waals surface area contributed by atoms with E-state index in [1.807, 2.05) is 0 Å². The van der Waals surface area contributed by atoms with Crippen LogP contribution in [0.3, 0.4) is 0 Å². The summed E-state index contributed by atoms with van der Waals surface area (Å²) in [7, 11) is -1.30. The third-order valence-electron chi connectivity index (χ3n) is 1.76. The predicted octanol–water partition coefficient (Wildman–Crippen LogP) is 1.37. The van der Waals surface area contributed by atoms with Crippen LogP contribution in [0.2, 0.25) is 0 Å². The minimum atomic E-state index is -1.30. The maximum Gasteiger partial charge on any atom is 0.303 e. The minimum absolute atomic E-state index is 0. The summed E-state index contributed by atoms with van der Waals surface area (Å²) in [5, 5.41) is 8.50. The number of hydrogen-bond donors (Lipinski definition) is 1. The quantitative estimate of drug-likeness (QED) is 0.636. The van der Waals surface area contributed by atoms with Crippen LogP contribution in [-0.4, -0.2) is 62.5 Å². The number of carboxylic acid groups (broad SMARTS) is 1. The molecule has 0 amide bonds. The summed E-state index contributed by atoms with van der Waals surface area (Å²) in [4.78, 5) is 10.3. The second kappa shape index (κ2) is 8.50. The van der Waals surface area contributed by atoms with Crippen molar-refractivity contribution in [3.8, 4) is 5.75 Å². The summed E-state index contributed by atoms with van der Waals surface area (Å²) in [6, 6.07) is 7.01. The molecule has 1 radical (unpaired) electrons. The van der Waals surface area contributed by atoms with Crippen molar-refractivity contribution in [1.82, 2.24) is 0 Å². The normalized spacial score (nSPS) is 9.87. The first-order valence-electron chi connectivity index (χ1n) is 4.14. The summed E-state index contributed by atoms with van der Waals surface area (Å²) in [6.45, 7) is 0. The van der Waals surface area contributed by atoms with E-state index in [2.05, 4.69) is 0 Å². The zero-order chi connectivity index (χ0) is 10.4. The molecule has 0 saturated heterocycles. The Hall–Kier alpha value is 0.356. The molecule has 1 N–H and O–H groups in total. The van der Waals surface area contributed by atoms with Gasteiger partial charge in [-0.3, -0.25) is 9.36 Å². The van der Waals surface area contributed by atoms with E-state index in [-0.39, 0.29) is 57.8 Å². The fraction of sp³-hybridized carbons (Fsp3) is 0.222. The molecular weight excluding hydrogens is 242 g/mol. The van der Waals surface area contributed by atoms with Gasteiger partial charge in [-0.05, 0) is 18.1 Å². The maximum absolute atomic E-state index is 10.3. The van der Waals surface area contributed by atoms with Gasteiger partial charge >= 0.3 is 5.97 Å². The van der Waals surface area contributed by atoms with Crippen LogP contribution in [0.25, 0.3) is 0 Å². The fourth-order valence-corrected chi connectivity index (χ4v) is 1.45. The molecule has 1 unspecified atom stereocenters. The largest absolute Gasteiger partial charge is 0.481 e. The number of carbonyl (C=O) groups is 1. The molecule has 0 bridgehead atoms. The smallest absolute Gasteiger partial charge is 0.303 e. The Morgan fingerprint density at radius 3 is 2.67 bits per heavy atom. The van der Waals surface area contributed by atoms with Gasteiger partial charge in [0.2, 0.25) is 8.69 Å².